The molecule has 0 fully saturated rings. The second-order valence-electron chi connectivity index (χ2n) is 3.02. The Bertz CT molecular complexity index is 321. The van der Waals surface area contributed by atoms with Crippen LogP contribution in [0.25, 0.3) is 0 Å². The molecule has 0 aliphatic rings. The first-order valence-corrected chi connectivity index (χ1v) is 4.77. The summed E-state index contributed by atoms with van der Waals surface area (Å²) in [4.78, 5) is 21.0. The Hall–Kier alpha value is -1.45. The third-order valence-electron chi connectivity index (χ3n) is 2.03. The summed E-state index contributed by atoms with van der Waals surface area (Å²) in [6.45, 7) is 7.63. The Balaban J connectivity index is 3.07. The number of aldehydes is 1. The van der Waals surface area contributed by atoms with Crippen molar-refractivity contribution >= 4 is 12.2 Å². The van der Waals surface area contributed by atoms with Crippen LogP contribution in [0.4, 0.5) is 5.95 Å². The first kappa shape index (κ1) is 10.6. The van der Waals surface area contributed by atoms with Gasteiger partial charge in [-0.3, -0.25) is 4.79 Å². The van der Waals surface area contributed by atoms with Gasteiger partial charge in [-0.05, 0) is 26.8 Å². The fourth-order valence-electron chi connectivity index (χ4n) is 1.29. The predicted molar refractivity (Wildman–Crippen MR) is 55.7 cm³/mol. The molecule has 1 aromatic rings. The van der Waals surface area contributed by atoms with E-state index >= 15 is 0 Å². The summed E-state index contributed by atoms with van der Waals surface area (Å²) in [5.74, 6) is 0.636. The quantitative estimate of drug-likeness (QED) is 0.679. The van der Waals surface area contributed by atoms with Gasteiger partial charge in [0.15, 0.2) is 6.29 Å². The lowest BCUT2D eigenvalue weighted by Crippen LogP contribution is -2.24. The van der Waals surface area contributed by atoms with E-state index in [2.05, 4.69) is 9.97 Å². The number of rotatable bonds is 4. The molecule has 0 aliphatic heterocycles. The van der Waals surface area contributed by atoms with E-state index in [0.717, 1.165) is 25.1 Å². The van der Waals surface area contributed by atoms with Crippen molar-refractivity contribution < 1.29 is 4.79 Å². The number of anilines is 1. The molecular formula is C10H15N3O. The van der Waals surface area contributed by atoms with Crippen molar-refractivity contribution in [2.45, 2.75) is 20.8 Å². The largest absolute Gasteiger partial charge is 0.341 e. The molecule has 0 unspecified atom stereocenters. The molecule has 4 heteroatoms. The van der Waals surface area contributed by atoms with Crippen LogP contribution in [0.3, 0.4) is 0 Å². The van der Waals surface area contributed by atoms with Crippen LogP contribution in [0.1, 0.15) is 30.0 Å². The molecule has 1 rings (SSSR count). The zero-order valence-electron chi connectivity index (χ0n) is 8.82. The van der Waals surface area contributed by atoms with Gasteiger partial charge in [-0.25, -0.2) is 9.97 Å². The minimum Gasteiger partial charge on any atom is -0.341 e. The molecule has 1 heterocycles. The van der Waals surface area contributed by atoms with Crippen molar-refractivity contribution in [3.8, 4) is 0 Å². The lowest BCUT2D eigenvalue weighted by Gasteiger charge is -2.18. The van der Waals surface area contributed by atoms with Crippen LogP contribution in [0.15, 0.2) is 6.07 Å². The van der Waals surface area contributed by atoms with E-state index in [4.69, 9.17) is 0 Å². The molecule has 0 atom stereocenters. The number of carbonyl (C=O) groups excluding carboxylic acids is 1. The van der Waals surface area contributed by atoms with Gasteiger partial charge in [0.1, 0.15) is 5.69 Å². The fourth-order valence-corrected chi connectivity index (χ4v) is 1.29. The third-order valence-corrected chi connectivity index (χ3v) is 2.03. The Labute approximate surface area is 84.0 Å². The minimum absolute atomic E-state index is 0.444. The lowest BCUT2D eigenvalue weighted by molar-refractivity contribution is 0.111. The average molecular weight is 193 g/mol. The predicted octanol–water partition coefficient (Wildman–Crippen LogP) is 1.44. The molecule has 0 saturated carbocycles. The van der Waals surface area contributed by atoms with Gasteiger partial charge in [-0.2, -0.15) is 0 Å². The molecule has 14 heavy (non-hydrogen) atoms. The van der Waals surface area contributed by atoms with Crippen molar-refractivity contribution in [2.75, 3.05) is 18.0 Å². The van der Waals surface area contributed by atoms with Crippen molar-refractivity contribution in [1.29, 1.82) is 0 Å². The van der Waals surface area contributed by atoms with Gasteiger partial charge in [-0.1, -0.05) is 0 Å². The second-order valence-corrected chi connectivity index (χ2v) is 3.02. The zero-order valence-corrected chi connectivity index (χ0v) is 8.82. The zero-order chi connectivity index (χ0) is 10.6. The summed E-state index contributed by atoms with van der Waals surface area (Å²) >= 11 is 0. The Morgan fingerprint density at radius 1 is 1.36 bits per heavy atom. The van der Waals surface area contributed by atoms with Crippen molar-refractivity contribution in [2.24, 2.45) is 0 Å². The van der Waals surface area contributed by atoms with E-state index in [-0.39, 0.29) is 0 Å². The van der Waals surface area contributed by atoms with E-state index in [0.29, 0.717) is 11.6 Å². The number of aryl methyl sites for hydroxylation is 1. The maximum atomic E-state index is 10.6. The Morgan fingerprint density at radius 3 is 2.50 bits per heavy atom. The third kappa shape index (κ3) is 2.28. The molecule has 0 saturated heterocycles. The fraction of sp³-hybridized carbons (Fsp3) is 0.500. The van der Waals surface area contributed by atoms with Crippen LogP contribution in [-0.4, -0.2) is 29.3 Å². The monoisotopic (exact) mass is 193 g/mol. The number of carbonyl (C=O) groups is 1. The van der Waals surface area contributed by atoms with Gasteiger partial charge < -0.3 is 4.90 Å². The summed E-state index contributed by atoms with van der Waals surface area (Å²) in [5, 5.41) is 0. The van der Waals surface area contributed by atoms with E-state index < -0.39 is 0 Å². The SMILES string of the molecule is CCN(CC)c1nc(C)cc(C=O)n1. The Kier molecular flexibility index (Phi) is 3.56. The Morgan fingerprint density at radius 2 is 2.00 bits per heavy atom. The maximum absolute atomic E-state index is 10.6. The summed E-state index contributed by atoms with van der Waals surface area (Å²) in [6.07, 6.45) is 0.752. The van der Waals surface area contributed by atoms with Gasteiger partial charge in [0.05, 0.1) is 0 Å². The van der Waals surface area contributed by atoms with Crippen molar-refractivity contribution in [1.82, 2.24) is 9.97 Å². The van der Waals surface area contributed by atoms with Gasteiger partial charge >= 0.3 is 0 Å². The van der Waals surface area contributed by atoms with E-state index in [1.165, 1.54) is 0 Å². The molecule has 0 amide bonds. The minimum atomic E-state index is 0.444. The van der Waals surface area contributed by atoms with Crippen LogP contribution >= 0.6 is 0 Å². The summed E-state index contributed by atoms with van der Waals surface area (Å²) in [5.41, 5.74) is 1.27. The molecule has 0 bridgehead atoms. The van der Waals surface area contributed by atoms with E-state index in [9.17, 15) is 4.79 Å². The number of hydrogen-bond donors (Lipinski definition) is 0. The molecule has 0 aromatic carbocycles. The van der Waals surface area contributed by atoms with Gasteiger partial charge in [0, 0.05) is 18.8 Å². The molecule has 0 radical (unpaired) electrons. The summed E-state index contributed by atoms with van der Waals surface area (Å²) in [6, 6.07) is 1.68. The summed E-state index contributed by atoms with van der Waals surface area (Å²) < 4.78 is 0. The number of aromatic nitrogens is 2. The van der Waals surface area contributed by atoms with Crippen LogP contribution in [0, 0.1) is 6.92 Å². The number of hydrogen-bond acceptors (Lipinski definition) is 4. The highest BCUT2D eigenvalue weighted by molar-refractivity contribution is 5.72. The highest BCUT2D eigenvalue weighted by Gasteiger charge is 2.06. The van der Waals surface area contributed by atoms with Gasteiger partial charge in [0.25, 0.3) is 0 Å². The van der Waals surface area contributed by atoms with Crippen LogP contribution < -0.4 is 4.90 Å². The number of nitrogens with zero attached hydrogens (tertiary/aromatic N) is 3. The smallest absolute Gasteiger partial charge is 0.226 e. The van der Waals surface area contributed by atoms with Crippen LogP contribution in [0.5, 0.6) is 0 Å². The molecule has 0 spiro atoms. The standard InChI is InChI=1S/C10H15N3O/c1-4-13(5-2)10-11-8(3)6-9(7-14)12-10/h6-7H,4-5H2,1-3H3. The van der Waals surface area contributed by atoms with E-state index in [1.54, 1.807) is 6.07 Å². The molecule has 1 aromatic heterocycles. The van der Waals surface area contributed by atoms with Gasteiger partial charge in [0.2, 0.25) is 5.95 Å². The first-order chi connectivity index (χ1) is 6.71. The highest BCUT2D eigenvalue weighted by atomic mass is 16.1. The van der Waals surface area contributed by atoms with Crippen molar-refractivity contribution in [3.05, 3.63) is 17.5 Å². The molecule has 0 aliphatic carbocycles. The highest BCUT2D eigenvalue weighted by Crippen LogP contribution is 2.08. The van der Waals surface area contributed by atoms with Crippen LogP contribution in [-0.2, 0) is 0 Å². The summed E-state index contributed by atoms with van der Waals surface area (Å²) in [7, 11) is 0. The second kappa shape index (κ2) is 4.69. The average Bonchev–Trinajstić information content (AvgIpc) is 2.19. The molecule has 76 valence electrons. The lowest BCUT2D eigenvalue weighted by atomic mass is 10.3. The van der Waals surface area contributed by atoms with Crippen molar-refractivity contribution in [3.63, 3.8) is 0 Å². The first-order valence-electron chi connectivity index (χ1n) is 4.77. The van der Waals surface area contributed by atoms with Crippen LogP contribution in [0.2, 0.25) is 0 Å². The normalized spacial score (nSPS) is 9.93. The van der Waals surface area contributed by atoms with Gasteiger partial charge in [-0.15, -0.1) is 0 Å². The molecule has 0 N–H and O–H groups in total. The van der Waals surface area contributed by atoms with E-state index in [1.807, 2.05) is 25.7 Å². The molecular weight excluding hydrogens is 178 g/mol. The molecule has 4 nitrogen and oxygen atoms in total. The topological polar surface area (TPSA) is 46.1 Å². The maximum Gasteiger partial charge on any atom is 0.226 e.